The molecule has 2 N–H and O–H groups in total. The van der Waals surface area contributed by atoms with Crippen molar-refractivity contribution in [3.8, 4) is 0 Å². The van der Waals surface area contributed by atoms with E-state index in [1.54, 1.807) is 51.1 Å². The molecule has 0 spiro atoms. The van der Waals surface area contributed by atoms with Gasteiger partial charge in [0.2, 0.25) is 6.10 Å². The highest BCUT2D eigenvalue weighted by Crippen LogP contribution is 2.20. The summed E-state index contributed by atoms with van der Waals surface area (Å²) < 4.78 is 9.79. The number of hydrogen-bond donors (Lipinski definition) is 2. The van der Waals surface area contributed by atoms with E-state index >= 15 is 0 Å². The van der Waals surface area contributed by atoms with Crippen molar-refractivity contribution in [2.75, 3.05) is 0 Å². The summed E-state index contributed by atoms with van der Waals surface area (Å²) in [4.78, 5) is 39.0. The Hall–Kier alpha value is -2.61. The second-order valence-corrected chi connectivity index (χ2v) is 5.94. The number of hydrogen-bond acceptors (Lipinski definition) is 7. The Kier molecular flexibility index (Phi) is 6.72. The highest BCUT2D eigenvalue weighted by atomic mass is 16.8. The molecular weight excluding hydrogens is 318 g/mol. The standard InChI is InChI=1S/C16H21NO7/c1-10(18)22-13(14(19)20)12(11-8-6-5-7-9-11)17-24-15(21)23-16(2,3)4/h5-9,12-13,17H,1-4H3,(H,19,20)/t12-,13+/m0/s1. The Morgan fingerprint density at radius 1 is 1.12 bits per heavy atom. The van der Waals surface area contributed by atoms with Gasteiger partial charge in [0.25, 0.3) is 0 Å². The van der Waals surface area contributed by atoms with Gasteiger partial charge in [-0.05, 0) is 26.3 Å². The number of carboxylic acids is 1. The molecule has 0 heterocycles. The van der Waals surface area contributed by atoms with Crippen LogP contribution in [-0.4, -0.2) is 34.9 Å². The lowest BCUT2D eigenvalue weighted by molar-refractivity contribution is -0.167. The monoisotopic (exact) mass is 339 g/mol. The van der Waals surface area contributed by atoms with E-state index in [0.29, 0.717) is 5.56 Å². The highest BCUT2D eigenvalue weighted by Gasteiger charge is 2.34. The van der Waals surface area contributed by atoms with E-state index in [-0.39, 0.29) is 0 Å². The molecule has 0 amide bonds. The average molecular weight is 339 g/mol. The Balaban J connectivity index is 2.95. The number of hydroxylamine groups is 1. The van der Waals surface area contributed by atoms with Crippen molar-refractivity contribution in [3.05, 3.63) is 35.9 Å². The van der Waals surface area contributed by atoms with Gasteiger partial charge in [-0.25, -0.2) is 9.59 Å². The van der Waals surface area contributed by atoms with Gasteiger partial charge in [-0.15, -0.1) is 5.48 Å². The maximum absolute atomic E-state index is 11.6. The molecule has 8 heteroatoms. The summed E-state index contributed by atoms with van der Waals surface area (Å²) in [5.74, 6) is -2.17. The van der Waals surface area contributed by atoms with Gasteiger partial charge in [-0.3, -0.25) is 4.79 Å². The Labute approximate surface area is 139 Å². The van der Waals surface area contributed by atoms with Gasteiger partial charge in [-0.2, -0.15) is 0 Å². The van der Waals surface area contributed by atoms with Gasteiger partial charge in [0, 0.05) is 6.92 Å². The first-order chi connectivity index (χ1) is 11.1. The lowest BCUT2D eigenvalue weighted by atomic mass is 10.0. The van der Waals surface area contributed by atoms with Gasteiger partial charge >= 0.3 is 18.1 Å². The largest absolute Gasteiger partial charge is 0.528 e. The molecule has 2 atom stereocenters. The molecule has 0 aliphatic rings. The third-order valence-corrected chi connectivity index (χ3v) is 2.66. The van der Waals surface area contributed by atoms with Crippen LogP contribution in [0.3, 0.4) is 0 Å². The van der Waals surface area contributed by atoms with Crippen LogP contribution < -0.4 is 5.48 Å². The third-order valence-electron chi connectivity index (χ3n) is 2.66. The second-order valence-electron chi connectivity index (χ2n) is 5.94. The van der Waals surface area contributed by atoms with Crippen molar-refractivity contribution >= 4 is 18.1 Å². The average Bonchev–Trinajstić information content (AvgIpc) is 2.45. The maximum atomic E-state index is 11.6. The van der Waals surface area contributed by atoms with Crippen molar-refractivity contribution < 1.29 is 33.8 Å². The topological polar surface area (TPSA) is 111 Å². The Morgan fingerprint density at radius 3 is 2.17 bits per heavy atom. The fourth-order valence-electron chi connectivity index (χ4n) is 1.79. The van der Waals surface area contributed by atoms with Crippen LogP contribution in [0.5, 0.6) is 0 Å². The fourth-order valence-corrected chi connectivity index (χ4v) is 1.79. The molecule has 0 radical (unpaired) electrons. The fraction of sp³-hybridized carbons (Fsp3) is 0.438. The lowest BCUT2D eigenvalue weighted by Gasteiger charge is -2.25. The number of rotatable bonds is 6. The minimum atomic E-state index is -1.59. The normalized spacial score (nSPS) is 13.5. The SMILES string of the molecule is CC(=O)O[C@@H](C(=O)O)[C@@H](NOC(=O)OC(C)(C)C)c1ccccc1. The zero-order valence-corrected chi connectivity index (χ0v) is 13.9. The van der Waals surface area contributed by atoms with E-state index in [1.165, 1.54) is 0 Å². The zero-order chi connectivity index (χ0) is 18.3. The van der Waals surface area contributed by atoms with Crippen LogP contribution in [0.4, 0.5) is 4.79 Å². The number of aliphatic carboxylic acids is 1. The quantitative estimate of drug-likeness (QED) is 0.599. The second kappa shape index (κ2) is 8.30. The van der Waals surface area contributed by atoms with Crippen molar-refractivity contribution in [2.45, 2.75) is 45.4 Å². The zero-order valence-electron chi connectivity index (χ0n) is 13.9. The summed E-state index contributed by atoms with van der Waals surface area (Å²) in [6.07, 6.45) is -2.62. The minimum Gasteiger partial charge on any atom is -0.478 e. The Morgan fingerprint density at radius 2 is 1.71 bits per heavy atom. The molecule has 8 nitrogen and oxygen atoms in total. The molecule has 1 rings (SSSR count). The molecule has 0 unspecified atom stereocenters. The number of nitrogens with one attached hydrogen (secondary N) is 1. The molecule has 24 heavy (non-hydrogen) atoms. The van der Waals surface area contributed by atoms with Crippen molar-refractivity contribution in [1.29, 1.82) is 0 Å². The molecule has 132 valence electrons. The Bertz CT molecular complexity index is 580. The maximum Gasteiger partial charge on any atom is 0.528 e. The summed E-state index contributed by atoms with van der Waals surface area (Å²) >= 11 is 0. The van der Waals surface area contributed by atoms with Crippen LogP contribution in [-0.2, 0) is 23.9 Å². The van der Waals surface area contributed by atoms with Gasteiger partial charge in [0.1, 0.15) is 11.6 Å². The van der Waals surface area contributed by atoms with Crippen LogP contribution in [0.2, 0.25) is 0 Å². The van der Waals surface area contributed by atoms with E-state index in [2.05, 4.69) is 5.48 Å². The van der Waals surface area contributed by atoms with Crippen LogP contribution in [0, 0.1) is 0 Å². The van der Waals surface area contributed by atoms with Gasteiger partial charge in [0.05, 0.1) is 0 Å². The van der Waals surface area contributed by atoms with Crippen LogP contribution in [0.15, 0.2) is 30.3 Å². The number of carbonyl (C=O) groups excluding carboxylic acids is 2. The van der Waals surface area contributed by atoms with Crippen LogP contribution >= 0.6 is 0 Å². The lowest BCUT2D eigenvalue weighted by Crippen LogP contribution is -2.41. The van der Waals surface area contributed by atoms with Crippen molar-refractivity contribution in [2.24, 2.45) is 0 Å². The number of carbonyl (C=O) groups is 3. The van der Waals surface area contributed by atoms with Gasteiger partial charge < -0.3 is 19.4 Å². The molecule has 0 aliphatic heterocycles. The molecule has 0 bridgehead atoms. The highest BCUT2D eigenvalue weighted by molar-refractivity contribution is 5.78. The predicted octanol–water partition coefficient (Wildman–Crippen LogP) is 2.20. The first-order valence-electron chi connectivity index (χ1n) is 7.20. The van der Waals surface area contributed by atoms with E-state index in [4.69, 9.17) is 14.3 Å². The van der Waals surface area contributed by atoms with E-state index in [0.717, 1.165) is 6.92 Å². The first kappa shape index (κ1) is 19.4. The van der Waals surface area contributed by atoms with E-state index in [9.17, 15) is 19.5 Å². The van der Waals surface area contributed by atoms with Crippen molar-refractivity contribution in [1.82, 2.24) is 5.48 Å². The molecule has 0 fully saturated rings. The molecule has 0 aliphatic carbocycles. The minimum absolute atomic E-state index is 0.453. The summed E-state index contributed by atoms with van der Waals surface area (Å²) in [6.45, 7) is 6.05. The smallest absolute Gasteiger partial charge is 0.478 e. The summed E-state index contributed by atoms with van der Waals surface area (Å²) in [7, 11) is 0. The van der Waals surface area contributed by atoms with E-state index < -0.39 is 35.8 Å². The van der Waals surface area contributed by atoms with Crippen LogP contribution in [0.25, 0.3) is 0 Å². The predicted molar refractivity (Wildman–Crippen MR) is 82.8 cm³/mol. The summed E-state index contributed by atoms with van der Waals surface area (Å²) in [5, 5.41) is 9.32. The van der Waals surface area contributed by atoms with Crippen LogP contribution in [0.1, 0.15) is 39.3 Å². The molecule has 1 aromatic carbocycles. The van der Waals surface area contributed by atoms with Crippen molar-refractivity contribution in [3.63, 3.8) is 0 Å². The molecule has 0 saturated heterocycles. The number of benzene rings is 1. The molecule has 0 saturated carbocycles. The number of esters is 1. The third kappa shape index (κ3) is 6.66. The molecular formula is C16H21NO7. The first-order valence-corrected chi connectivity index (χ1v) is 7.20. The van der Waals surface area contributed by atoms with Gasteiger partial charge in [-0.1, -0.05) is 30.3 Å². The summed E-state index contributed by atoms with van der Waals surface area (Å²) in [6, 6.07) is 7.18. The van der Waals surface area contributed by atoms with Gasteiger partial charge in [0.15, 0.2) is 0 Å². The number of carboxylic acid groups (broad SMARTS) is 1. The van der Waals surface area contributed by atoms with E-state index in [1.807, 2.05) is 0 Å². The number of ether oxygens (including phenoxy) is 2. The molecule has 1 aromatic rings. The molecule has 0 aromatic heterocycles. The summed E-state index contributed by atoms with van der Waals surface area (Å²) in [5.41, 5.74) is 1.99.